The number of aryl methyl sites for hydroxylation is 1. The molecule has 116 valence electrons. The van der Waals surface area contributed by atoms with Gasteiger partial charge in [-0.05, 0) is 66.0 Å². The maximum Gasteiger partial charge on any atom is -0.0123 e. The maximum atomic E-state index is 4.37. The second-order valence-electron chi connectivity index (χ2n) is 6.63. The zero-order valence-electron chi connectivity index (χ0n) is 14.1. The van der Waals surface area contributed by atoms with Crippen molar-refractivity contribution in [1.29, 1.82) is 0 Å². The quantitative estimate of drug-likeness (QED) is 0.460. The van der Waals surface area contributed by atoms with Crippen molar-refractivity contribution in [3.05, 3.63) is 89.0 Å². The second kappa shape index (κ2) is 6.42. The average Bonchev–Trinajstić information content (AvgIpc) is 2.55. The van der Waals surface area contributed by atoms with Gasteiger partial charge in [-0.3, -0.25) is 0 Å². The highest BCUT2D eigenvalue weighted by atomic mass is 14.3. The van der Waals surface area contributed by atoms with E-state index in [2.05, 4.69) is 75.6 Å². The minimum Gasteiger partial charge on any atom is -0.0998 e. The van der Waals surface area contributed by atoms with Crippen molar-refractivity contribution >= 4 is 17.7 Å². The van der Waals surface area contributed by atoms with E-state index in [9.17, 15) is 0 Å². The van der Waals surface area contributed by atoms with E-state index in [0.29, 0.717) is 5.92 Å². The largest absolute Gasteiger partial charge is 0.0998 e. The second-order valence-corrected chi connectivity index (χ2v) is 6.63. The van der Waals surface area contributed by atoms with Crippen LogP contribution in [0, 0.1) is 12.8 Å². The van der Waals surface area contributed by atoms with Crippen LogP contribution in [0.2, 0.25) is 0 Å². The Bertz CT molecular complexity index is 775. The molecule has 0 saturated carbocycles. The van der Waals surface area contributed by atoms with Crippen molar-refractivity contribution in [2.45, 2.75) is 26.7 Å². The summed E-state index contributed by atoms with van der Waals surface area (Å²) >= 11 is 0. The molecule has 1 atom stereocenters. The normalized spacial score (nSPS) is 17.3. The number of rotatable bonds is 3. The predicted octanol–water partition coefficient (Wildman–Crippen LogP) is 6.32. The van der Waals surface area contributed by atoms with Crippen LogP contribution >= 0.6 is 0 Å². The molecule has 0 heterocycles. The van der Waals surface area contributed by atoms with Crippen LogP contribution in [-0.2, 0) is 6.42 Å². The van der Waals surface area contributed by atoms with Crippen LogP contribution in [0.4, 0.5) is 0 Å². The molecule has 23 heavy (non-hydrogen) atoms. The third-order valence-electron chi connectivity index (χ3n) is 4.80. The average molecular weight is 300 g/mol. The Hall–Kier alpha value is -2.34. The van der Waals surface area contributed by atoms with Crippen molar-refractivity contribution in [2.75, 3.05) is 0 Å². The highest BCUT2D eigenvalue weighted by Crippen LogP contribution is 2.39. The molecule has 1 aliphatic rings. The van der Waals surface area contributed by atoms with Crippen molar-refractivity contribution in [3.63, 3.8) is 0 Å². The van der Waals surface area contributed by atoms with E-state index >= 15 is 0 Å². The molecule has 0 saturated heterocycles. The predicted molar refractivity (Wildman–Crippen MR) is 102 cm³/mol. The third kappa shape index (κ3) is 3.22. The van der Waals surface area contributed by atoms with E-state index in [1.807, 2.05) is 6.07 Å². The molecule has 0 aliphatic heterocycles. The van der Waals surface area contributed by atoms with E-state index in [4.69, 9.17) is 0 Å². The highest BCUT2D eigenvalue weighted by Gasteiger charge is 2.24. The molecule has 3 rings (SSSR count). The summed E-state index contributed by atoms with van der Waals surface area (Å²) in [5.41, 5.74) is 9.13. The molecule has 1 aliphatic carbocycles. The highest BCUT2D eigenvalue weighted by molar-refractivity contribution is 5.83. The fourth-order valence-electron chi connectivity index (χ4n) is 3.40. The van der Waals surface area contributed by atoms with Crippen LogP contribution in [-0.4, -0.2) is 0 Å². The van der Waals surface area contributed by atoms with Gasteiger partial charge in [-0.1, -0.05) is 73.3 Å². The van der Waals surface area contributed by atoms with Crippen LogP contribution in [0.1, 0.15) is 41.2 Å². The van der Waals surface area contributed by atoms with Crippen LogP contribution in [0.15, 0.2) is 61.2 Å². The molecule has 1 unspecified atom stereocenters. The molecule has 2 aromatic carbocycles. The first-order valence-electron chi connectivity index (χ1n) is 8.25. The van der Waals surface area contributed by atoms with Gasteiger partial charge in [0.05, 0.1) is 0 Å². The Morgan fingerprint density at radius 2 is 1.78 bits per heavy atom. The van der Waals surface area contributed by atoms with Crippen LogP contribution in [0.3, 0.4) is 0 Å². The van der Waals surface area contributed by atoms with Gasteiger partial charge in [0.15, 0.2) is 0 Å². The van der Waals surface area contributed by atoms with Gasteiger partial charge in [0.2, 0.25) is 0 Å². The molecule has 0 aromatic heterocycles. The van der Waals surface area contributed by atoms with E-state index < -0.39 is 0 Å². The summed E-state index contributed by atoms with van der Waals surface area (Å²) in [6, 6.07) is 15.0. The molecule has 0 fully saturated rings. The maximum absolute atomic E-state index is 4.37. The molecule has 0 N–H and O–H groups in total. The molecule has 2 aromatic rings. The Morgan fingerprint density at radius 3 is 2.48 bits per heavy atom. The first kappa shape index (κ1) is 15.6. The van der Waals surface area contributed by atoms with Crippen LogP contribution in [0.5, 0.6) is 0 Å². The lowest BCUT2D eigenvalue weighted by atomic mass is 9.76. The first-order chi connectivity index (χ1) is 11.1. The van der Waals surface area contributed by atoms with Gasteiger partial charge < -0.3 is 0 Å². The molecule has 0 radical (unpaired) electrons. The SMILES string of the molecule is C=C1CC(C(=C)C)Cc2ccc(C)c(/C=C\c3ccccc3)c21. The molecule has 0 bridgehead atoms. The lowest BCUT2D eigenvalue weighted by Gasteiger charge is -2.29. The molecular formula is C23H24. The molecule has 0 spiro atoms. The summed E-state index contributed by atoms with van der Waals surface area (Å²) in [6.07, 6.45) is 6.55. The zero-order chi connectivity index (χ0) is 16.4. The number of hydrogen-bond donors (Lipinski definition) is 0. The first-order valence-corrected chi connectivity index (χ1v) is 8.25. The van der Waals surface area contributed by atoms with Crippen molar-refractivity contribution in [1.82, 2.24) is 0 Å². The topological polar surface area (TPSA) is 0 Å². The summed E-state index contributed by atoms with van der Waals surface area (Å²) in [7, 11) is 0. The summed E-state index contributed by atoms with van der Waals surface area (Å²) in [6.45, 7) is 12.8. The summed E-state index contributed by atoms with van der Waals surface area (Å²) in [5.74, 6) is 0.531. The Balaban J connectivity index is 2.02. The van der Waals surface area contributed by atoms with Crippen molar-refractivity contribution < 1.29 is 0 Å². The Labute approximate surface area is 139 Å². The van der Waals surface area contributed by atoms with Crippen LogP contribution < -0.4 is 0 Å². The molecular weight excluding hydrogens is 276 g/mol. The Kier molecular flexibility index (Phi) is 4.34. The number of benzene rings is 2. The smallest absolute Gasteiger partial charge is 0.0123 e. The monoisotopic (exact) mass is 300 g/mol. The fraction of sp³-hybridized carbons (Fsp3) is 0.217. The lowest BCUT2D eigenvalue weighted by Crippen LogP contribution is -2.15. The number of fused-ring (bicyclic) bond motifs is 1. The van der Waals surface area contributed by atoms with Gasteiger partial charge in [-0.2, -0.15) is 0 Å². The summed E-state index contributed by atoms with van der Waals surface area (Å²) in [4.78, 5) is 0. The Morgan fingerprint density at radius 1 is 1.04 bits per heavy atom. The number of allylic oxidation sites excluding steroid dienone is 2. The van der Waals surface area contributed by atoms with Crippen molar-refractivity contribution in [2.24, 2.45) is 5.92 Å². The van der Waals surface area contributed by atoms with E-state index in [1.54, 1.807) is 0 Å². The van der Waals surface area contributed by atoms with E-state index in [0.717, 1.165) is 12.8 Å². The van der Waals surface area contributed by atoms with Gasteiger partial charge >= 0.3 is 0 Å². The lowest BCUT2D eigenvalue weighted by molar-refractivity contribution is 0.612. The van der Waals surface area contributed by atoms with Crippen LogP contribution in [0.25, 0.3) is 17.7 Å². The van der Waals surface area contributed by atoms with Gasteiger partial charge in [0.25, 0.3) is 0 Å². The fourth-order valence-corrected chi connectivity index (χ4v) is 3.40. The molecule has 0 nitrogen and oxygen atoms in total. The van der Waals surface area contributed by atoms with Gasteiger partial charge in [0, 0.05) is 0 Å². The number of hydrogen-bond acceptors (Lipinski definition) is 0. The molecule has 0 heteroatoms. The standard InChI is InChI=1S/C23H24/c1-16(2)21-14-18(4)23-20(15-21)12-10-17(3)22(23)13-11-19-8-6-5-7-9-19/h5-13,21H,1,4,14-15H2,2-3H3/b13-11-. The van der Waals surface area contributed by atoms with E-state index in [-0.39, 0.29) is 0 Å². The molecule has 0 amide bonds. The third-order valence-corrected chi connectivity index (χ3v) is 4.80. The van der Waals surface area contributed by atoms with E-state index in [1.165, 1.54) is 39.0 Å². The van der Waals surface area contributed by atoms with Gasteiger partial charge in [0.1, 0.15) is 0 Å². The van der Waals surface area contributed by atoms with Gasteiger partial charge in [-0.15, -0.1) is 0 Å². The summed E-state index contributed by atoms with van der Waals surface area (Å²) in [5, 5.41) is 0. The minimum absolute atomic E-state index is 0.531. The van der Waals surface area contributed by atoms with Gasteiger partial charge in [-0.25, -0.2) is 0 Å². The minimum atomic E-state index is 0.531. The van der Waals surface area contributed by atoms with Crippen molar-refractivity contribution in [3.8, 4) is 0 Å². The summed E-state index contributed by atoms with van der Waals surface area (Å²) < 4.78 is 0. The zero-order valence-corrected chi connectivity index (χ0v) is 14.1.